The average molecular weight is 286 g/mol. The van der Waals surface area contributed by atoms with Gasteiger partial charge in [-0.1, -0.05) is 0 Å². The molecule has 0 aliphatic carbocycles. The summed E-state index contributed by atoms with van der Waals surface area (Å²) in [5.74, 6) is -1.62. The number of nitrogens with one attached hydrogen (secondary N) is 1. The van der Waals surface area contributed by atoms with Gasteiger partial charge in [0.25, 0.3) is 0 Å². The molecule has 1 rings (SSSR count). The van der Waals surface area contributed by atoms with E-state index in [-0.39, 0.29) is 23.4 Å². The van der Waals surface area contributed by atoms with Crippen molar-refractivity contribution in [1.29, 1.82) is 0 Å². The van der Waals surface area contributed by atoms with E-state index in [4.69, 9.17) is 10.8 Å². The van der Waals surface area contributed by atoms with Crippen LogP contribution >= 0.6 is 0 Å². The molecule has 104 valence electrons. The molecule has 0 aliphatic heterocycles. The number of carbonyl (C=O) groups excluding carboxylic acids is 1. The second-order valence-electron chi connectivity index (χ2n) is 3.80. The Balaban J connectivity index is 2.66. The van der Waals surface area contributed by atoms with Crippen molar-refractivity contribution in [3.05, 3.63) is 29.8 Å². The van der Waals surface area contributed by atoms with Crippen molar-refractivity contribution in [3.63, 3.8) is 0 Å². The second kappa shape index (κ2) is 6.30. The highest BCUT2D eigenvalue weighted by atomic mass is 32.2. The molecule has 1 aromatic rings. The minimum Gasteiger partial charge on any atom is -0.478 e. The number of carboxylic acid groups (broad SMARTS) is 1. The van der Waals surface area contributed by atoms with Crippen LogP contribution in [0, 0.1) is 0 Å². The lowest BCUT2D eigenvalue weighted by atomic mass is 10.2. The molecule has 1 amide bonds. The van der Waals surface area contributed by atoms with Gasteiger partial charge in [0.15, 0.2) is 0 Å². The number of aromatic carboxylic acids is 1. The van der Waals surface area contributed by atoms with E-state index in [0.29, 0.717) is 6.42 Å². The van der Waals surface area contributed by atoms with E-state index >= 15 is 0 Å². The second-order valence-corrected chi connectivity index (χ2v) is 5.56. The zero-order valence-corrected chi connectivity index (χ0v) is 10.8. The molecule has 0 heterocycles. The number of rotatable bonds is 7. The third kappa shape index (κ3) is 4.68. The molecule has 0 radical (unpaired) electrons. The highest BCUT2D eigenvalue weighted by molar-refractivity contribution is 7.89. The van der Waals surface area contributed by atoms with E-state index < -0.39 is 21.9 Å². The first kappa shape index (κ1) is 15.1. The molecule has 19 heavy (non-hydrogen) atoms. The standard InChI is InChI=1S/C11H14N2O5S/c12-10(14)2-1-7-13-19(17,18)9-5-3-8(4-6-9)11(15)16/h3-6,13H,1-2,7H2,(H2,12,14)(H,15,16). The van der Waals surface area contributed by atoms with Crippen molar-refractivity contribution in [3.8, 4) is 0 Å². The smallest absolute Gasteiger partial charge is 0.335 e. The highest BCUT2D eigenvalue weighted by Crippen LogP contribution is 2.10. The summed E-state index contributed by atoms with van der Waals surface area (Å²) >= 11 is 0. The maximum Gasteiger partial charge on any atom is 0.335 e. The number of hydrogen-bond donors (Lipinski definition) is 3. The maximum atomic E-state index is 11.8. The number of carbonyl (C=O) groups is 2. The van der Waals surface area contributed by atoms with Crippen molar-refractivity contribution < 1.29 is 23.1 Å². The van der Waals surface area contributed by atoms with Crippen LogP contribution in [-0.4, -0.2) is 31.9 Å². The molecule has 0 fully saturated rings. The summed E-state index contributed by atoms with van der Waals surface area (Å²) in [6, 6.07) is 4.83. The Morgan fingerprint density at radius 2 is 1.79 bits per heavy atom. The van der Waals surface area contributed by atoms with Crippen molar-refractivity contribution in [2.24, 2.45) is 5.73 Å². The molecule has 0 spiro atoms. The van der Waals surface area contributed by atoms with Gasteiger partial charge in [-0.05, 0) is 30.7 Å². The minimum atomic E-state index is -3.70. The van der Waals surface area contributed by atoms with Gasteiger partial charge in [-0.2, -0.15) is 0 Å². The van der Waals surface area contributed by atoms with E-state index in [9.17, 15) is 18.0 Å². The Hall–Kier alpha value is -1.93. The van der Waals surface area contributed by atoms with Crippen molar-refractivity contribution in [1.82, 2.24) is 4.72 Å². The number of nitrogens with two attached hydrogens (primary N) is 1. The van der Waals surface area contributed by atoms with E-state index in [2.05, 4.69) is 4.72 Å². The number of benzene rings is 1. The van der Waals surface area contributed by atoms with Crippen molar-refractivity contribution >= 4 is 21.9 Å². The van der Waals surface area contributed by atoms with Crippen LogP contribution in [0.25, 0.3) is 0 Å². The summed E-state index contributed by atoms with van der Waals surface area (Å²) in [7, 11) is -3.70. The summed E-state index contributed by atoms with van der Waals surface area (Å²) in [4.78, 5) is 21.1. The zero-order valence-electron chi connectivity index (χ0n) is 10.00. The number of hydrogen-bond acceptors (Lipinski definition) is 4. The first-order valence-corrected chi connectivity index (χ1v) is 6.92. The van der Waals surface area contributed by atoms with E-state index in [1.807, 2.05) is 0 Å². The lowest BCUT2D eigenvalue weighted by Crippen LogP contribution is -2.25. The predicted molar refractivity (Wildman–Crippen MR) is 67.0 cm³/mol. The van der Waals surface area contributed by atoms with Gasteiger partial charge in [0.2, 0.25) is 15.9 Å². The molecular formula is C11H14N2O5S. The average Bonchev–Trinajstić information content (AvgIpc) is 2.34. The molecule has 0 bridgehead atoms. The zero-order chi connectivity index (χ0) is 14.5. The van der Waals surface area contributed by atoms with Crippen LogP contribution in [0.1, 0.15) is 23.2 Å². The van der Waals surface area contributed by atoms with E-state index in [1.165, 1.54) is 24.3 Å². The lowest BCUT2D eigenvalue weighted by Gasteiger charge is -2.06. The van der Waals surface area contributed by atoms with Gasteiger partial charge >= 0.3 is 5.97 Å². The van der Waals surface area contributed by atoms with Gasteiger partial charge in [0.05, 0.1) is 10.5 Å². The van der Waals surface area contributed by atoms with E-state index in [0.717, 1.165) is 0 Å². The first-order valence-electron chi connectivity index (χ1n) is 5.44. The monoisotopic (exact) mass is 286 g/mol. The molecule has 4 N–H and O–H groups in total. The summed E-state index contributed by atoms with van der Waals surface area (Å²) in [5.41, 5.74) is 4.93. The van der Waals surface area contributed by atoms with Gasteiger partial charge < -0.3 is 10.8 Å². The fourth-order valence-electron chi connectivity index (χ4n) is 1.33. The normalized spacial score (nSPS) is 11.2. The van der Waals surface area contributed by atoms with Gasteiger partial charge in [0, 0.05) is 13.0 Å². The molecule has 0 saturated heterocycles. The van der Waals surface area contributed by atoms with E-state index in [1.54, 1.807) is 0 Å². The van der Waals surface area contributed by atoms with Crippen LogP contribution in [0.4, 0.5) is 0 Å². The van der Waals surface area contributed by atoms with Crippen molar-refractivity contribution in [2.45, 2.75) is 17.7 Å². The van der Waals surface area contributed by atoms with Gasteiger partial charge in [-0.25, -0.2) is 17.9 Å². The molecule has 0 atom stereocenters. The van der Waals surface area contributed by atoms with Crippen molar-refractivity contribution in [2.75, 3.05) is 6.54 Å². The molecule has 0 aromatic heterocycles. The first-order chi connectivity index (χ1) is 8.83. The molecular weight excluding hydrogens is 272 g/mol. The number of sulfonamides is 1. The lowest BCUT2D eigenvalue weighted by molar-refractivity contribution is -0.118. The fraction of sp³-hybridized carbons (Fsp3) is 0.273. The van der Waals surface area contributed by atoms with Crippen LogP contribution in [-0.2, 0) is 14.8 Å². The molecule has 1 aromatic carbocycles. The minimum absolute atomic E-state index is 0.00711. The summed E-state index contributed by atoms with van der Waals surface area (Å²) < 4.78 is 25.9. The highest BCUT2D eigenvalue weighted by Gasteiger charge is 2.14. The molecule has 8 heteroatoms. The molecule has 0 unspecified atom stereocenters. The Labute approximate surface area is 110 Å². The molecule has 0 aliphatic rings. The number of carboxylic acids is 1. The Morgan fingerprint density at radius 3 is 2.26 bits per heavy atom. The van der Waals surface area contributed by atoms with Crippen LogP contribution in [0.5, 0.6) is 0 Å². The summed E-state index contributed by atoms with van der Waals surface area (Å²) in [6.45, 7) is 0.0892. The fourth-order valence-corrected chi connectivity index (χ4v) is 2.40. The SMILES string of the molecule is NC(=O)CCCNS(=O)(=O)c1ccc(C(=O)O)cc1. The van der Waals surface area contributed by atoms with Gasteiger partial charge in [0.1, 0.15) is 0 Å². The van der Waals surface area contributed by atoms with Crippen LogP contribution in [0.2, 0.25) is 0 Å². The summed E-state index contributed by atoms with van der Waals surface area (Å²) in [5, 5.41) is 8.70. The number of primary amides is 1. The summed E-state index contributed by atoms with van der Waals surface area (Å²) in [6.07, 6.45) is 0.405. The van der Waals surface area contributed by atoms with Crippen LogP contribution in [0.3, 0.4) is 0 Å². The third-order valence-electron chi connectivity index (χ3n) is 2.30. The Kier molecular flexibility index (Phi) is 5.02. The number of amides is 1. The molecule has 7 nitrogen and oxygen atoms in total. The molecule has 0 saturated carbocycles. The third-order valence-corrected chi connectivity index (χ3v) is 3.78. The Bertz CT molecular complexity index is 565. The quantitative estimate of drug-likeness (QED) is 0.605. The largest absolute Gasteiger partial charge is 0.478 e. The van der Waals surface area contributed by atoms with Crippen LogP contribution < -0.4 is 10.5 Å². The topological polar surface area (TPSA) is 127 Å². The maximum absolute atomic E-state index is 11.8. The van der Waals surface area contributed by atoms with Gasteiger partial charge in [-0.3, -0.25) is 4.79 Å². The predicted octanol–water partition coefficient (Wildman–Crippen LogP) is -0.0714. The Morgan fingerprint density at radius 1 is 1.21 bits per heavy atom. The van der Waals surface area contributed by atoms with Crippen LogP contribution in [0.15, 0.2) is 29.2 Å². The van der Waals surface area contributed by atoms with Gasteiger partial charge in [-0.15, -0.1) is 0 Å².